The van der Waals surface area contributed by atoms with Crippen molar-refractivity contribution in [2.75, 3.05) is 27.4 Å². The lowest BCUT2D eigenvalue weighted by Gasteiger charge is -2.17. The number of nitrogens with zero attached hydrogens (tertiary/aromatic N) is 2. The van der Waals surface area contributed by atoms with Gasteiger partial charge in [-0.15, -0.1) is 0 Å². The van der Waals surface area contributed by atoms with Gasteiger partial charge in [-0.1, -0.05) is 0 Å². The summed E-state index contributed by atoms with van der Waals surface area (Å²) in [5.74, 6) is 0.422. The van der Waals surface area contributed by atoms with E-state index in [2.05, 4.69) is 15.3 Å². The smallest absolute Gasteiger partial charge is 0.261 e. The van der Waals surface area contributed by atoms with Gasteiger partial charge in [-0.05, 0) is 13.5 Å². The zero-order valence-corrected chi connectivity index (χ0v) is 10.4. The van der Waals surface area contributed by atoms with Crippen LogP contribution in [0, 0.1) is 0 Å². The fourth-order valence-corrected chi connectivity index (χ4v) is 1.52. The molecule has 0 bridgehead atoms. The highest BCUT2D eigenvalue weighted by Gasteiger charge is 2.16. The zero-order valence-electron chi connectivity index (χ0n) is 10.4. The molecule has 0 saturated heterocycles. The maximum Gasteiger partial charge on any atom is 0.261 e. The number of ether oxygens (including phenoxy) is 2. The molecule has 0 fully saturated rings. The number of rotatable bonds is 8. The number of aromatic nitrogens is 2. The van der Waals surface area contributed by atoms with E-state index < -0.39 is 13.0 Å². The molecule has 0 aliphatic carbocycles. The van der Waals surface area contributed by atoms with Gasteiger partial charge in [0.15, 0.2) is 0 Å². The minimum Gasteiger partial charge on any atom is -0.480 e. The van der Waals surface area contributed by atoms with Crippen LogP contribution in [-0.4, -0.2) is 43.8 Å². The van der Waals surface area contributed by atoms with Gasteiger partial charge in [-0.25, -0.2) is 13.8 Å². The van der Waals surface area contributed by atoms with Gasteiger partial charge in [-0.3, -0.25) is 4.98 Å². The molecule has 0 aliphatic heterocycles. The minimum absolute atomic E-state index is 0.147. The summed E-state index contributed by atoms with van der Waals surface area (Å²) >= 11 is 0. The molecular weight excluding hydrogens is 244 g/mol. The number of methoxy groups -OCH3 is 1. The standard InChI is InChI=1S/C11H17F2N3O2/c1-14-8(3-6-18-7-9(12)13)10-11(17-2)16-5-4-15-10/h4-5,8-9,14H,3,6-7H2,1-2H3. The van der Waals surface area contributed by atoms with Crippen LogP contribution in [0.25, 0.3) is 0 Å². The van der Waals surface area contributed by atoms with E-state index in [1.165, 1.54) is 13.3 Å². The van der Waals surface area contributed by atoms with Crippen molar-refractivity contribution in [2.45, 2.75) is 18.9 Å². The van der Waals surface area contributed by atoms with Crippen molar-refractivity contribution < 1.29 is 18.3 Å². The van der Waals surface area contributed by atoms with E-state index in [0.717, 1.165) is 0 Å². The molecule has 1 heterocycles. The summed E-state index contributed by atoms with van der Waals surface area (Å²) in [7, 11) is 3.26. The Labute approximate surface area is 105 Å². The Kier molecular flexibility index (Phi) is 6.45. The molecule has 1 atom stereocenters. The summed E-state index contributed by atoms with van der Waals surface area (Å²) in [5.41, 5.74) is 0.642. The van der Waals surface area contributed by atoms with E-state index in [-0.39, 0.29) is 12.6 Å². The number of alkyl halides is 2. The first kappa shape index (κ1) is 14.7. The van der Waals surface area contributed by atoms with Crippen LogP contribution in [-0.2, 0) is 4.74 Å². The molecule has 18 heavy (non-hydrogen) atoms. The van der Waals surface area contributed by atoms with Gasteiger partial charge < -0.3 is 14.8 Å². The van der Waals surface area contributed by atoms with Crippen LogP contribution in [0.15, 0.2) is 12.4 Å². The molecule has 0 saturated carbocycles. The van der Waals surface area contributed by atoms with Crippen molar-refractivity contribution >= 4 is 0 Å². The first-order chi connectivity index (χ1) is 8.69. The van der Waals surface area contributed by atoms with Crippen LogP contribution in [0.5, 0.6) is 5.88 Å². The van der Waals surface area contributed by atoms with Gasteiger partial charge in [0, 0.05) is 19.0 Å². The third kappa shape index (κ3) is 4.50. The van der Waals surface area contributed by atoms with Gasteiger partial charge in [0.05, 0.1) is 13.2 Å². The largest absolute Gasteiger partial charge is 0.480 e. The van der Waals surface area contributed by atoms with Gasteiger partial charge in [-0.2, -0.15) is 0 Å². The van der Waals surface area contributed by atoms with Gasteiger partial charge in [0.25, 0.3) is 6.43 Å². The molecule has 0 spiro atoms. The second-order valence-corrected chi connectivity index (χ2v) is 3.55. The summed E-state index contributed by atoms with van der Waals surface area (Å²) in [6.07, 6.45) is 1.16. The SMILES string of the molecule is CNC(CCOCC(F)F)c1nccnc1OC. The summed E-state index contributed by atoms with van der Waals surface area (Å²) in [4.78, 5) is 8.22. The van der Waals surface area contributed by atoms with Crippen molar-refractivity contribution in [1.29, 1.82) is 0 Å². The average molecular weight is 261 g/mol. The molecule has 1 aromatic heterocycles. The van der Waals surface area contributed by atoms with Crippen LogP contribution in [0.3, 0.4) is 0 Å². The first-order valence-electron chi connectivity index (χ1n) is 5.57. The second-order valence-electron chi connectivity index (χ2n) is 3.55. The number of hydrogen-bond donors (Lipinski definition) is 1. The highest BCUT2D eigenvalue weighted by molar-refractivity contribution is 5.20. The van der Waals surface area contributed by atoms with E-state index in [0.29, 0.717) is 18.0 Å². The van der Waals surface area contributed by atoms with Crippen molar-refractivity contribution in [3.05, 3.63) is 18.1 Å². The van der Waals surface area contributed by atoms with Crippen molar-refractivity contribution in [3.63, 3.8) is 0 Å². The minimum atomic E-state index is -2.44. The number of hydrogen-bond acceptors (Lipinski definition) is 5. The van der Waals surface area contributed by atoms with E-state index in [9.17, 15) is 8.78 Å². The van der Waals surface area contributed by atoms with Gasteiger partial charge >= 0.3 is 0 Å². The lowest BCUT2D eigenvalue weighted by Crippen LogP contribution is -2.21. The molecule has 1 aromatic rings. The molecule has 1 unspecified atom stereocenters. The maximum absolute atomic E-state index is 11.9. The van der Waals surface area contributed by atoms with Crippen LogP contribution in [0.2, 0.25) is 0 Å². The third-order valence-electron chi connectivity index (χ3n) is 2.36. The first-order valence-corrected chi connectivity index (χ1v) is 5.57. The molecule has 1 N–H and O–H groups in total. The Bertz CT molecular complexity index is 353. The monoisotopic (exact) mass is 261 g/mol. The van der Waals surface area contributed by atoms with Crippen LogP contribution >= 0.6 is 0 Å². The summed E-state index contributed by atoms with van der Waals surface area (Å²) in [6, 6.07) is -0.147. The van der Waals surface area contributed by atoms with E-state index in [1.807, 2.05) is 0 Å². The van der Waals surface area contributed by atoms with E-state index >= 15 is 0 Å². The van der Waals surface area contributed by atoms with Crippen LogP contribution in [0.4, 0.5) is 8.78 Å². The van der Waals surface area contributed by atoms with Crippen molar-refractivity contribution in [3.8, 4) is 5.88 Å². The molecule has 0 amide bonds. The third-order valence-corrected chi connectivity index (χ3v) is 2.36. The lowest BCUT2D eigenvalue weighted by atomic mass is 10.1. The van der Waals surface area contributed by atoms with Crippen LogP contribution < -0.4 is 10.1 Å². The predicted octanol–water partition coefficient (Wildman–Crippen LogP) is 1.42. The van der Waals surface area contributed by atoms with Gasteiger partial charge in [0.2, 0.25) is 5.88 Å². The normalized spacial score (nSPS) is 12.7. The topological polar surface area (TPSA) is 56.3 Å². The molecule has 0 aromatic carbocycles. The highest BCUT2D eigenvalue weighted by Crippen LogP contribution is 2.22. The maximum atomic E-state index is 11.9. The van der Waals surface area contributed by atoms with E-state index in [1.54, 1.807) is 13.2 Å². The summed E-state index contributed by atoms with van der Waals surface area (Å²) in [5, 5.41) is 3.03. The fourth-order valence-electron chi connectivity index (χ4n) is 1.52. The predicted molar refractivity (Wildman–Crippen MR) is 61.8 cm³/mol. The van der Waals surface area contributed by atoms with Gasteiger partial charge in [0.1, 0.15) is 12.3 Å². The Morgan fingerprint density at radius 2 is 2.06 bits per heavy atom. The average Bonchev–Trinajstić information content (AvgIpc) is 2.38. The zero-order chi connectivity index (χ0) is 13.4. The van der Waals surface area contributed by atoms with E-state index in [4.69, 9.17) is 9.47 Å². The Hall–Kier alpha value is -1.34. The fraction of sp³-hybridized carbons (Fsp3) is 0.636. The van der Waals surface area contributed by atoms with Crippen molar-refractivity contribution in [2.24, 2.45) is 0 Å². The molecule has 5 nitrogen and oxygen atoms in total. The Morgan fingerprint density at radius 1 is 1.33 bits per heavy atom. The van der Waals surface area contributed by atoms with Crippen molar-refractivity contribution in [1.82, 2.24) is 15.3 Å². The molecule has 0 radical (unpaired) electrons. The summed E-state index contributed by atoms with van der Waals surface area (Å²) < 4.78 is 33.7. The second kappa shape index (κ2) is 7.88. The molecular formula is C11H17F2N3O2. The highest BCUT2D eigenvalue weighted by atomic mass is 19.3. The number of nitrogens with one attached hydrogen (secondary N) is 1. The number of halogens is 2. The molecule has 7 heteroatoms. The summed E-state index contributed by atoms with van der Waals surface area (Å²) in [6.45, 7) is -0.330. The molecule has 0 aliphatic rings. The Balaban J connectivity index is 2.54. The molecule has 102 valence electrons. The lowest BCUT2D eigenvalue weighted by molar-refractivity contribution is 0.0144. The van der Waals surface area contributed by atoms with Crippen LogP contribution in [0.1, 0.15) is 18.2 Å². The quantitative estimate of drug-likeness (QED) is 0.717. The Morgan fingerprint density at radius 3 is 2.67 bits per heavy atom. The molecule has 1 rings (SSSR count).